The normalized spacial score (nSPS) is 12.9. The van der Waals surface area contributed by atoms with Crippen molar-refractivity contribution in [3.8, 4) is 5.75 Å². The Balaban J connectivity index is 2.54. The fourth-order valence-electron chi connectivity index (χ4n) is 2.52. The fraction of sp³-hybridized carbons (Fsp3) is 0.278. The number of amides is 1. The van der Waals surface area contributed by atoms with Gasteiger partial charge < -0.3 is 10.1 Å². The van der Waals surface area contributed by atoms with Gasteiger partial charge in [0.2, 0.25) is 5.91 Å². The molecule has 1 unspecified atom stereocenters. The number of para-hydroxylation sites is 2. The number of anilines is 1. The van der Waals surface area contributed by atoms with Crippen LogP contribution in [0.5, 0.6) is 5.75 Å². The highest BCUT2D eigenvalue weighted by atomic mass is 35.5. The van der Waals surface area contributed by atoms with Gasteiger partial charge >= 0.3 is 6.18 Å². The van der Waals surface area contributed by atoms with Crippen molar-refractivity contribution in [2.75, 3.05) is 18.0 Å². The minimum atomic E-state index is -4.64. The number of carbonyl (C=O) groups excluding carboxylic acids is 1. The molecule has 0 saturated heterocycles. The van der Waals surface area contributed by atoms with Crippen LogP contribution in [-0.2, 0) is 14.8 Å². The number of alkyl halides is 3. The lowest BCUT2D eigenvalue weighted by Crippen LogP contribution is -2.50. The smallest absolute Gasteiger partial charge is 0.405 e. The number of halogens is 4. The van der Waals surface area contributed by atoms with Crippen molar-refractivity contribution < 1.29 is 31.1 Å². The Kier molecular flexibility index (Phi) is 7.02. The summed E-state index contributed by atoms with van der Waals surface area (Å²) < 4.78 is 69.9. The molecule has 2 aromatic carbocycles. The van der Waals surface area contributed by atoms with Crippen LogP contribution in [0.15, 0.2) is 53.4 Å². The van der Waals surface area contributed by atoms with E-state index in [0.29, 0.717) is 5.02 Å². The summed E-state index contributed by atoms with van der Waals surface area (Å²) in [6.07, 6.45) is -4.64. The van der Waals surface area contributed by atoms with Crippen molar-refractivity contribution in [3.63, 3.8) is 0 Å². The Morgan fingerprint density at radius 3 is 2.31 bits per heavy atom. The van der Waals surface area contributed by atoms with E-state index in [1.807, 2.05) is 0 Å². The zero-order valence-corrected chi connectivity index (χ0v) is 17.0. The fourth-order valence-corrected chi connectivity index (χ4v) is 4.27. The lowest BCUT2D eigenvalue weighted by Gasteiger charge is -2.30. The first-order chi connectivity index (χ1) is 13.5. The Bertz CT molecular complexity index is 966. The molecule has 0 fully saturated rings. The van der Waals surface area contributed by atoms with Crippen LogP contribution in [0.3, 0.4) is 0 Å². The molecule has 1 amide bonds. The standard InChI is InChI=1S/C18H18ClF3N2O4S/c1-12(17(25)23-11-18(20,21)22)24(15-5-3-4-6-16(15)28-2)29(26,27)14-9-7-13(19)8-10-14/h3-10,12H,11H2,1-2H3,(H,23,25). The van der Waals surface area contributed by atoms with E-state index in [0.717, 1.165) is 4.31 Å². The molecule has 0 bridgehead atoms. The number of hydrogen-bond acceptors (Lipinski definition) is 4. The summed E-state index contributed by atoms with van der Waals surface area (Å²) in [5, 5.41) is 2.01. The first-order valence-electron chi connectivity index (χ1n) is 8.25. The predicted molar refractivity (Wildman–Crippen MR) is 103 cm³/mol. The number of methoxy groups -OCH3 is 1. The Hall–Kier alpha value is -2.46. The second kappa shape index (κ2) is 8.91. The number of nitrogens with zero attached hydrogens (tertiary/aromatic N) is 1. The van der Waals surface area contributed by atoms with Gasteiger partial charge in [0.1, 0.15) is 18.3 Å². The van der Waals surface area contributed by atoms with Crippen LogP contribution >= 0.6 is 11.6 Å². The summed E-state index contributed by atoms with van der Waals surface area (Å²) in [7, 11) is -3.04. The van der Waals surface area contributed by atoms with Gasteiger partial charge in [-0.15, -0.1) is 0 Å². The van der Waals surface area contributed by atoms with Gasteiger partial charge in [-0.05, 0) is 43.3 Å². The van der Waals surface area contributed by atoms with Crippen molar-refractivity contribution in [1.29, 1.82) is 0 Å². The third-order valence-electron chi connectivity index (χ3n) is 3.89. The van der Waals surface area contributed by atoms with Crippen LogP contribution in [0.25, 0.3) is 0 Å². The molecule has 0 aliphatic carbocycles. The third kappa shape index (κ3) is 5.54. The van der Waals surface area contributed by atoms with E-state index in [4.69, 9.17) is 16.3 Å². The molecule has 0 aromatic heterocycles. The van der Waals surface area contributed by atoms with E-state index in [9.17, 15) is 26.4 Å². The van der Waals surface area contributed by atoms with Crippen LogP contribution < -0.4 is 14.4 Å². The van der Waals surface area contributed by atoms with Gasteiger partial charge in [0.15, 0.2) is 0 Å². The van der Waals surface area contributed by atoms with Gasteiger partial charge in [0.05, 0.1) is 17.7 Å². The van der Waals surface area contributed by atoms with Crippen LogP contribution in [0.4, 0.5) is 18.9 Å². The Labute approximate surface area is 171 Å². The zero-order valence-electron chi connectivity index (χ0n) is 15.4. The molecule has 0 aliphatic rings. The molecule has 1 N–H and O–H groups in total. The molecule has 0 aliphatic heterocycles. The molecule has 1 atom stereocenters. The van der Waals surface area contributed by atoms with Gasteiger partial charge in [-0.3, -0.25) is 9.10 Å². The number of carbonyl (C=O) groups is 1. The lowest BCUT2D eigenvalue weighted by atomic mass is 10.2. The molecular formula is C18H18ClF3N2O4S. The summed E-state index contributed by atoms with van der Waals surface area (Å²) >= 11 is 5.80. The summed E-state index contributed by atoms with van der Waals surface area (Å²) in [4.78, 5) is 12.2. The number of ether oxygens (including phenoxy) is 1. The van der Waals surface area contributed by atoms with Crippen molar-refractivity contribution in [1.82, 2.24) is 5.32 Å². The first-order valence-corrected chi connectivity index (χ1v) is 10.1. The molecule has 2 rings (SSSR count). The topological polar surface area (TPSA) is 75.7 Å². The van der Waals surface area contributed by atoms with Gasteiger partial charge in [-0.1, -0.05) is 23.7 Å². The van der Waals surface area contributed by atoms with E-state index in [1.54, 1.807) is 11.4 Å². The molecule has 29 heavy (non-hydrogen) atoms. The second-order valence-corrected chi connectivity index (χ2v) is 8.19. The molecule has 6 nitrogen and oxygen atoms in total. The molecule has 11 heteroatoms. The van der Waals surface area contributed by atoms with Crippen LogP contribution in [0.1, 0.15) is 6.92 Å². The van der Waals surface area contributed by atoms with Crippen molar-refractivity contribution in [2.45, 2.75) is 24.0 Å². The number of benzene rings is 2. The zero-order chi connectivity index (χ0) is 21.8. The van der Waals surface area contributed by atoms with Crippen LogP contribution in [0, 0.1) is 0 Å². The Morgan fingerprint density at radius 1 is 1.17 bits per heavy atom. The molecule has 158 valence electrons. The van der Waals surface area contributed by atoms with Crippen LogP contribution in [-0.4, -0.2) is 40.2 Å². The van der Waals surface area contributed by atoms with Gasteiger partial charge in [-0.2, -0.15) is 13.2 Å². The monoisotopic (exact) mass is 450 g/mol. The van der Waals surface area contributed by atoms with Gasteiger partial charge in [0, 0.05) is 5.02 Å². The Morgan fingerprint density at radius 2 is 1.76 bits per heavy atom. The van der Waals surface area contributed by atoms with E-state index in [-0.39, 0.29) is 16.3 Å². The van der Waals surface area contributed by atoms with Crippen LogP contribution in [0.2, 0.25) is 5.02 Å². The summed E-state index contributed by atoms with van der Waals surface area (Å²) in [5.41, 5.74) is -0.000362. The maximum atomic E-state index is 13.3. The molecule has 0 radical (unpaired) electrons. The largest absolute Gasteiger partial charge is 0.495 e. The maximum absolute atomic E-state index is 13.3. The quantitative estimate of drug-likeness (QED) is 0.699. The number of nitrogens with one attached hydrogen (secondary N) is 1. The third-order valence-corrected chi connectivity index (χ3v) is 6.04. The van der Waals surface area contributed by atoms with E-state index >= 15 is 0 Å². The summed E-state index contributed by atoms with van der Waals surface area (Å²) in [5.74, 6) is -0.994. The maximum Gasteiger partial charge on any atom is 0.405 e. The average molecular weight is 451 g/mol. The second-order valence-electron chi connectivity index (χ2n) is 5.94. The van der Waals surface area contributed by atoms with Crippen molar-refractivity contribution in [2.24, 2.45) is 0 Å². The molecule has 0 saturated carbocycles. The first kappa shape index (κ1) is 22.8. The predicted octanol–water partition coefficient (Wildman–Crippen LogP) is 3.61. The SMILES string of the molecule is COc1ccccc1N(C(C)C(=O)NCC(F)(F)F)S(=O)(=O)c1ccc(Cl)cc1. The van der Waals surface area contributed by atoms with Gasteiger partial charge in [0.25, 0.3) is 10.0 Å². The lowest BCUT2D eigenvalue weighted by molar-refractivity contribution is -0.138. The van der Waals surface area contributed by atoms with Crippen molar-refractivity contribution in [3.05, 3.63) is 53.6 Å². The highest BCUT2D eigenvalue weighted by Gasteiger charge is 2.36. The molecule has 2 aromatic rings. The number of rotatable bonds is 7. The highest BCUT2D eigenvalue weighted by molar-refractivity contribution is 7.93. The highest BCUT2D eigenvalue weighted by Crippen LogP contribution is 2.34. The number of hydrogen-bond donors (Lipinski definition) is 1. The average Bonchev–Trinajstić information content (AvgIpc) is 2.66. The summed E-state index contributed by atoms with van der Waals surface area (Å²) in [6, 6.07) is 9.63. The molecule has 0 heterocycles. The van der Waals surface area contributed by atoms with E-state index < -0.39 is 34.7 Å². The minimum Gasteiger partial charge on any atom is -0.495 e. The molecular weight excluding hydrogens is 433 g/mol. The van der Waals surface area contributed by atoms with Gasteiger partial charge in [-0.25, -0.2) is 8.42 Å². The minimum absolute atomic E-state index is 0.000362. The number of sulfonamides is 1. The molecule has 0 spiro atoms. The summed E-state index contributed by atoms with van der Waals surface area (Å²) in [6.45, 7) is -0.400. The van der Waals surface area contributed by atoms with E-state index in [1.165, 1.54) is 56.5 Å². The van der Waals surface area contributed by atoms with Crippen molar-refractivity contribution >= 4 is 33.2 Å². The van der Waals surface area contributed by atoms with E-state index in [2.05, 4.69) is 0 Å².